The number of aromatic amines is 1. The number of piperazine rings is 1. The smallest absolute Gasteiger partial charge is 0.321 e. The van der Waals surface area contributed by atoms with Gasteiger partial charge in [-0.15, -0.1) is 0 Å². The average Bonchev–Trinajstić information content (AvgIpc) is 2.73. The Morgan fingerprint density at radius 2 is 1.87 bits per heavy atom. The molecule has 1 aliphatic rings. The first kappa shape index (κ1) is 21.8. The van der Waals surface area contributed by atoms with Gasteiger partial charge in [0.25, 0.3) is 11.7 Å². The van der Waals surface area contributed by atoms with Crippen molar-refractivity contribution in [1.29, 1.82) is 0 Å². The lowest BCUT2D eigenvalue weighted by Gasteiger charge is -2.31. The Bertz CT molecular complexity index is 907. The van der Waals surface area contributed by atoms with Crippen LogP contribution in [0.3, 0.4) is 0 Å². The highest BCUT2D eigenvalue weighted by molar-refractivity contribution is 5.97. The molecule has 30 heavy (non-hydrogen) atoms. The second-order valence-corrected chi connectivity index (χ2v) is 7.45. The molecule has 2 heterocycles. The second kappa shape index (κ2) is 8.83. The lowest BCUT2D eigenvalue weighted by molar-refractivity contribution is -0.914. The number of benzene rings is 1. The maximum Gasteiger partial charge on any atom is 0.419 e. The molecule has 1 fully saturated rings. The summed E-state index contributed by atoms with van der Waals surface area (Å²) < 4.78 is 38.1. The molecule has 0 bridgehead atoms. The van der Waals surface area contributed by atoms with E-state index in [1.807, 2.05) is 11.8 Å². The molecule has 3 rings (SSSR count). The minimum Gasteiger partial charge on any atom is -0.321 e. The molecule has 0 saturated carbocycles. The van der Waals surface area contributed by atoms with Gasteiger partial charge in [-0.2, -0.15) is 13.2 Å². The van der Waals surface area contributed by atoms with Gasteiger partial charge >= 0.3 is 6.18 Å². The molecule has 1 aliphatic heterocycles. The molecule has 0 aliphatic carbocycles. The van der Waals surface area contributed by atoms with Crippen molar-refractivity contribution < 1.29 is 32.6 Å². The van der Waals surface area contributed by atoms with Crippen LogP contribution in [0.4, 0.5) is 24.7 Å². The van der Waals surface area contributed by atoms with Gasteiger partial charge in [-0.1, -0.05) is 12.1 Å². The van der Waals surface area contributed by atoms with Crippen LogP contribution >= 0.6 is 0 Å². The zero-order chi connectivity index (χ0) is 21.9. The van der Waals surface area contributed by atoms with Gasteiger partial charge in [-0.3, -0.25) is 14.5 Å². The summed E-state index contributed by atoms with van der Waals surface area (Å²) in [5.74, 6) is 0.418. The van der Waals surface area contributed by atoms with E-state index >= 15 is 0 Å². The van der Waals surface area contributed by atoms with Gasteiger partial charge in [0.1, 0.15) is 32.4 Å². The van der Waals surface area contributed by atoms with Crippen molar-refractivity contribution >= 4 is 23.2 Å². The van der Waals surface area contributed by atoms with E-state index in [1.165, 1.54) is 13.0 Å². The number of hydrogen-bond donors (Lipinski definition) is 2. The van der Waals surface area contributed by atoms with Crippen LogP contribution < -0.4 is 20.1 Å². The third-order valence-corrected chi connectivity index (χ3v) is 5.41. The molecule has 1 aromatic heterocycles. The van der Waals surface area contributed by atoms with Gasteiger partial charge in [0.05, 0.1) is 5.56 Å². The maximum absolute atomic E-state index is 12.7. The van der Waals surface area contributed by atoms with Gasteiger partial charge < -0.3 is 10.2 Å². The summed E-state index contributed by atoms with van der Waals surface area (Å²) in [6.07, 6.45) is -3.40. The van der Waals surface area contributed by atoms with Crippen LogP contribution in [0.2, 0.25) is 0 Å². The minimum absolute atomic E-state index is 0.0686. The van der Waals surface area contributed by atoms with Gasteiger partial charge in [0.2, 0.25) is 0 Å². The molecule has 1 aromatic carbocycles. The van der Waals surface area contributed by atoms with Crippen LogP contribution in [0, 0.1) is 0 Å². The number of aromatic nitrogens is 1. The Morgan fingerprint density at radius 3 is 2.43 bits per heavy atom. The van der Waals surface area contributed by atoms with Crippen molar-refractivity contribution in [2.24, 2.45) is 0 Å². The standard InChI is InChI=1S/C21H23F3N4O2/c1-14(20(30)26-18-5-3-4-16(12-18)15(2)29)27-8-10-28(11-9-27)19-7-6-17(13-25-19)21(22,23)24/h3-7,12-14H,8-11H2,1-2H3,(H,26,30)/p+2/t14-/m0/s1. The summed E-state index contributed by atoms with van der Waals surface area (Å²) in [5.41, 5.74) is 0.404. The molecular formula is C21H25F3N4O2+2. The number of nitrogens with zero attached hydrogens (tertiary/aromatic N) is 1. The Kier molecular flexibility index (Phi) is 6.40. The summed E-state index contributed by atoms with van der Waals surface area (Å²) >= 11 is 0. The van der Waals surface area contributed by atoms with Crippen LogP contribution in [0.15, 0.2) is 42.6 Å². The zero-order valence-corrected chi connectivity index (χ0v) is 16.8. The van der Waals surface area contributed by atoms with Crippen molar-refractivity contribution in [3.63, 3.8) is 0 Å². The maximum atomic E-state index is 12.7. The molecule has 1 atom stereocenters. The number of ketones is 1. The van der Waals surface area contributed by atoms with Gasteiger partial charge in [0, 0.05) is 17.3 Å². The number of carbonyl (C=O) groups excluding carboxylic acids is 2. The van der Waals surface area contributed by atoms with Crippen molar-refractivity contribution in [1.82, 2.24) is 0 Å². The van der Waals surface area contributed by atoms with Crippen LogP contribution in [-0.4, -0.2) is 43.9 Å². The second-order valence-electron chi connectivity index (χ2n) is 7.45. The Balaban J connectivity index is 1.56. The number of H-pyrrole nitrogens is 1. The largest absolute Gasteiger partial charge is 0.419 e. The number of anilines is 2. The van der Waals surface area contributed by atoms with Crippen LogP contribution in [0.5, 0.6) is 0 Å². The summed E-state index contributed by atoms with van der Waals surface area (Å²) in [7, 11) is 0. The monoisotopic (exact) mass is 422 g/mol. The third kappa shape index (κ3) is 5.15. The molecule has 9 heteroatoms. The SMILES string of the molecule is CC(=O)c1cccc(NC(=O)[C@H](C)[NH+]2CCN(c3ccc(C(F)(F)F)c[nH+]3)CC2)c1. The average molecular weight is 422 g/mol. The van der Waals surface area contributed by atoms with E-state index < -0.39 is 11.7 Å². The number of halogens is 3. The zero-order valence-electron chi connectivity index (χ0n) is 16.8. The molecule has 2 aromatic rings. The number of nitrogens with one attached hydrogen (secondary N) is 3. The lowest BCUT2D eigenvalue weighted by atomic mass is 10.1. The lowest BCUT2D eigenvalue weighted by Crippen LogP contribution is -3.19. The molecule has 6 nitrogen and oxygen atoms in total. The van der Waals surface area contributed by atoms with Crippen molar-refractivity contribution in [3.05, 3.63) is 53.7 Å². The van der Waals surface area contributed by atoms with E-state index in [1.54, 1.807) is 24.3 Å². The van der Waals surface area contributed by atoms with Crippen molar-refractivity contribution in [2.45, 2.75) is 26.1 Å². The molecule has 160 valence electrons. The quantitative estimate of drug-likeness (QED) is 0.717. The molecule has 1 saturated heterocycles. The fraction of sp³-hybridized carbons (Fsp3) is 0.381. The van der Waals surface area contributed by atoms with E-state index in [0.717, 1.165) is 17.2 Å². The molecule has 0 unspecified atom stereocenters. The highest BCUT2D eigenvalue weighted by Crippen LogP contribution is 2.28. The summed E-state index contributed by atoms with van der Waals surface area (Å²) in [5, 5.41) is 2.86. The number of hydrogen-bond acceptors (Lipinski definition) is 3. The van der Waals surface area contributed by atoms with Crippen LogP contribution in [-0.2, 0) is 11.0 Å². The topological polar surface area (TPSA) is 68.0 Å². The summed E-state index contributed by atoms with van der Waals surface area (Å²) in [4.78, 5) is 29.9. The first-order valence-electron chi connectivity index (χ1n) is 9.75. The highest BCUT2D eigenvalue weighted by atomic mass is 19.4. The van der Waals surface area contributed by atoms with Crippen molar-refractivity contribution in [2.75, 3.05) is 36.4 Å². The van der Waals surface area contributed by atoms with Crippen LogP contribution in [0.1, 0.15) is 29.8 Å². The number of quaternary nitrogens is 1. The predicted octanol–water partition coefficient (Wildman–Crippen LogP) is 1.45. The Hall–Kier alpha value is -2.94. The summed E-state index contributed by atoms with van der Waals surface area (Å²) in [6, 6.07) is 9.02. The first-order valence-corrected chi connectivity index (χ1v) is 9.75. The third-order valence-electron chi connectivity index (χ3n) is 5.41. The van der Waals surface area contributed by atoms with Gasteiger partial charge in [0.15, 0.2) is 11.8 Å². The van der Waals surface area contributed by atoms with Gasteiger partial charge in [-0.05, 0) is 32.0 Å². The first-order chi connectivity index (χ1) is 14.1. The van der Waals surface area contributed by atoms with E-state index in [9.17, 15) is 22.8 Å². The Labute approximate surface area is 172 Å². The number of Topliss-reactive ketones (excluding diaryl/α,β-unsaturated/α-hetero) is 1. The van der Waals surface area contributed by atoms with Gasteiger partial charge in [-0.25, -0.2) is 4.98 Å². The number of amides is 1. The Morgan fingerprint density at radius 1 is 1.17 bits per heavy atom. The number of rotatable bonds is 5. The van der Waals surface area contributed by atoms with E-state index in [4.69, 9.17) is 0 Å². The van der Waals surface area contributed by atoms with E-state index in [0.29, 0.717) is 43.2 Å². The molecular weight excluding hydrogens is 397 g/mol. The van der Waals surface area contributed by atoms with Crippen LogP contribution in [0.25, 0.3) is 0 Å². The fourth-order valence-electron chi connectivity index (χ4n) is 3.51. The highest BCUT2D eigenvalue weighted by Gasteiger charge is 2.34. The normalized spacial score (nSPS) is 16.2. The molecule has 0 spiro atoms. The van der Waals surface area contributed by atoms with E-state index in [-0.39, 0.29) is 17.7 Å². The predicted molar refractivity (Wildman–Crippen MR) is 105 cm³/mol. The molecule has 3 N–H and O–H groups in total. The number of carbonyl (C=O) groups is 2. The fourth-order valence-corrected chi connectivity index (χ4v) is 3.51. The van der Waals surface area contributed by atoms with E-state index in [2.05, 4.69) is 10.3 Å². The van der Waals surface area contributed by atoms with Crippen molar-refractivity contribution in [3.8, 4) is 0 Å². The molecule has 0 radical (unpaired) electrons. The minimum atomic E-state index is -4.37. The molecule has 1 amide bonds. The summed E-state index contributed by atoms with van der Waals surface area (Å²) in [6.45, 7) is 5.91. The number of alkyl halides is 3. The number of pyridine rings is 1.